The van der Waals surface area contributed by atoms with Crippen LogP contribution in [0.4, 0.5) is 22.0 Å². The van der Waals surface area contributed by atoms with E-state index in [0.29, 0.717) is 26.2 Å². The van der Waals surface area contributed by atoms with Crippen molar-refractivity contribution in [2.24, 2.45) is 0 Å². The molecule has 9 heteroatoms. The summed E-state index contributed by atoms with van der Waals surface area (Å²) in [6.07, 6.45) is 9.76. The largest absolute Gasteiger partial charge is 0.490 e. The first-order chi connectivity index (χ1) is 19.3. The Morgan fingerprint density at radius 1 is 0.800 bits per heavy atom. The number of nitrogens with zero attached hydrogens (tertiary/aromatic N) is 1. The molecule has 0 spiro atoms. The van der Waals surface area contributed by atoms with Crippen molar-refractivity contribution in [1.82, 2.24) is 4.98 Å². The summed E-state index contributed by atoms with van der Waals surface area (Å²) in [7, 11) is 0. The molecule has 224 valence electrons. The highest BCUT2D eigenvalue weighted by Gasteiger charge is 2.50. The molecule has 1 aliphatic carbocycles. The molecule has 1 aliphatic rings. The van der Waals surface area contributed by atoms with Crippen molar-refractivity contribution in [2.45, 2.75) is 103 Å². The topological polar surface area (TPSA) is 40.6 Å². The van der Waals surface area contributed by atoms with Crippen LogP contribution in [0, 0.1) is 17.6 Å². The lowest BCUT2D eigenvalue weighted by Gasteiger charge is -2.34. The van der Waals surface area contributed by atoms with Crippen molar-refractivity contribution >= 4 is 0 Å². The van der Waals surface area contributed by atoms with Gasteiger partial charge in [0.25, 0.3) is 5.92 Å². The second kappa shape index (κ2) is 16.1. The zero-order valence-corrected chi connectivity index (χ0v) is 23.7. The Bertz CT molecular complexity index is 1070. The van der Waals surface area contributed by atoms with Crippen molar-refractivity contribution < 1.29 is 36.2 Å². The molecule has 40 heavy (non-hydrogen) atoms. The van der Waals surface area contributed by atoms with Crippen LogP contribution in [0.2, 0.25) is 0 Å². The molecule has 3 rings (SSSR count). The van der Waals surface area contributed by atoms with Crippen LogP contribution in [0.1, 0.15) is 107 Å². The molecule has 1 atom stereocenters. The van der Waals surface area contributed by atoms with Gasteiger partial charge in [-0.05, 0) is 37.3 Å². The number of ether oxygens (including phenoxy) is 3. The molecule has 0 fully saturated rings. The van der Waals surface area contributed by atoms with E-state index in [4.69, 9.17) is 14.2 Å². The van der Waals surface area contributed by atoms with Crippen LogP contribution in [0.5, 0.6) is 11.6 Å². The Morgan fingerprint density at radius 2 is 1.45 bits per heavy atom. The van der Waals surface area contributed by atoms with Crippen molar-refractivity contribution in [3.63, 3.8) is 0 Å². The van der Waals surface area contributed by atoms with Crippen molar-refractivity contribution in [1.29, 1.82) is 0 Å². The van der Waals surface area contributed by atoms with E-state index in [1.807, 2.05) is 0 Å². The first kappa shape index (κ1) is 32.1. The van der Waals surface area contributed by atoms with E-state index >= 15 is 13.2 Å². The van der Waals surface area contributed by atoms with Gasteiger partial charge in [-0.1, -0.05) is 64.9 Å². The third-order valence-electron chi connectivity index (χ3n) is 7.29. The minimum atomic E-state index is -3.78. The van der Waals surface area contributed by atoms with Crippen molar-refractivity contribution in [3.05, 3.63) is 52.5 Å². The predicted molar refractivity (Wildman–Crippen MR) is 145 cm³/mol. The molecule has 1 aromatic heterocycles. The maximum Gasteiger partial charge on any atom is 0.284 e. The fraction of sp³-hybridized carbons (Fsp3) is 0.645. The third kappa shape index (κ3) is 8.54. The lowest BCUT2D eigenvalue weighted by atomic mass is 9.77. The Hall–Kier alpha value is -2.42. The van der Waals surface area contributed by atoms with E-state index in [9.17, 15) is 8.78 Å². The Labute approximate surface area is 234 Å². The van der Waals surface area contributed by atoms with Crippen molar-refractivity contribution in [2.75, 3.05) is 26.4 Å². The third-order valence-corrected chi connectivity index (χ3v) is 7.29. The van der Waals surface area contributed by atoms with Crippen LogP contribution in [0.15, 0.2) is 18.2 Å². The first-order valence-corrected chi connectivity index (χ1v) is 14.7. The van der Waals surface area contributed by atoms with Gasteiger partial charge in [0.1, 0.15) is 0 Å². The van der Waals surface area contributed by atoms with E-state index < -0.39 is 40.5 Å². The summed E-state index contributed by atoms with van der Waals surface area (Å²) in [5, 5.41) is 0. The van der Waals surface area contributed by atoms with Gasteiger partial charge in [0.05, 0.1) is 24.7 Å². The number of unbranched alkanes of at least 4 members (excludes halogenated alkanes) is 7. The highest BCUT2D eigenvalue weighted by molar-refractivity contribution is 5.42. The summed E-state index contributed by atoms with van der Waals surface area (Å²) < 4.78 is 92.1. The number of pyridine rings is 1. The van der Waals surface area contributed by atoms with Crippen LogP contribution < -0.4 is 9.47 Å². The highest BCUT2D eigenvalue weighted by Crippen LogP contribution is 2.51. The van der Waals surface area contributed by atoms with Crippen molar-refractivity contribution in [3.8, 4) is 11.6 Å². The summed E-state index contributed by atoms with van der Waals surface area (Å²) in [6, 6.07) is 3.58. The normalized spacial score (nSPS) is 16.1. The molecule has 0 aliphatic heterocycles. The lowest BCUT2D eigenvalue weighted by molar-refractivity contribution is -0.0487. The first-order valence-electron chi connectivity index (χ1n) is 14.7. The number of aromatic nitrogens is 1. The molecule has 1 heterocycles. The molecule has 0 saturated heterocycles. The fourth-order valence-electron chi connectivity index (χ4n) is 5.05. The number of rotatable bonds is 18. The highest BCUT2D eigenvalue weighted by atomic mass is 19.3. The van der Waals surface area contributed by atoms with Gasteiger partial charge in [0.15, 0.2) is 11.6 Å². The molecule has 0 N–H and O–H groups in total. The summed E-state index contributed by atoms with van der Waals surface area (Å²) >= 11 is 0. The van der Waals surface area contributed by atoms with Gasteiger partial charge in [0.2, 0.25) is 17.6 Å². The molecule has 0 saturated carbocycles. The monoisotopic (exact) mass is 571 g/mol. The Kier molecular flexibility index (Phi) is 12.9. The standard InChI is InChI=1S/C31H42F5NO3/c1-3-5-7-8-9-11-19-40-26-21-22-13-15-24(31(35,36)27(22)30(34)37-26)23-14-16-25(29(33)28(23)32)39-20-12-18-38-17-10-6-4-2/h14,16,21,24H,3-13,15,17-20H2,1-2H3. The molecular formula is C31H42F5NO3. The van der Waals surface area contributed by atoms with Gasteiger partial charge >= 0.3 is 0 Å². The lowest BCUT2D eigenvalue weighted by Crippen LogP contribution is -2.32. The summed E-state index contributed by atoms with van der Waals surface area (Å²) in [6.45, 7) is 5.71. The van der Waals surface area contributed by atoms with E-state index in [2.05, 4.69) is 18.8 Å². The van der Waals surface area contributed by atoms with Crippen LogP contribution >= 0.6 is 0 Å². The van der Waals surface area contributed by atoms with E-state index in [1.165, 1.54) is 12.5 Å². The van der Waals surface area contributed by atoms with E-state index in [0.717, 1.165) is 63.5 Å². The van der Waals surface area contributed by atoms with Crippen LogP contribution in [0.3, 0.4) is 0 Å². The molecule has 0 radical (unpaired) electrons. The van der Waals surface area contributed by atoms with Gasteiger partial charge < -0.3 is 14.2 Å². The Morgan fingerprint density at radius 3 is 2.23 bits per heavy atom. The number of hydrogen-bond donors (Lipinski definition) is 0. The van der Waals surface area contributed by atoms with E-state index in [-0.39, 0.29) is 36.6 Å². The quantitative estimate of drug-likeness (QED) is 0.102. The molecule has 2 aromatic rings. The number of aryl methyl sites for hydroxylation is 1. The number of alkyl halides is 2. The van der Waals surface area contributed by atoms with Crippen LogP contribution in [-0.4, -0.2) is 31.4 Å². The zero-order valence-electron chi connectivity index (χ0n) is 23.7. The minimum absolute atomic E-state index is 0.0378. The molecule has 4 nitrogen and oxygen atoms in total. The molecule has 0 amide bonds. The van der Waals surface area contributed by atoms with Crippen LogP contribution in [-0.2, 0) is 17.1 Å². The predicted octanol–water partition coefficient (Wildman–Crippen LogP) is 9.04. The number of benzene rings is 1. The smallest absolute Gasteiger partial charge is 0.284 e. The summed E-state index contributed by atoms with van der Waals surface area (Å²) in [4.78, 5) is 3.61. The van der Waals surface area contributed by atoms with E-state index in [1.54, 1.807) is 0 Å². The second-order valence-electron chi connectivity index (χ2n) is 10.4. The molecule has 1 unspecified atom stereocenters. The van der Waals surface area contributed by atoms with Gasteiger partial charge in [-0.2, -0.15) is 13.8 Å². The average Bonchev–Trinajstić information content (AvgIpc) is 2.92. The zero-order chi connectivity index (χ0) is 29.0. The number of fused-ring (bicyclic) bond motifs is 1. The van der Waals surface area contributed by atoms with Gasteiger partial charge in [-0.3, -0.25) is 0 Å². The van der Waals surface area contributed by atoms with Gasteiger partial charge in [-0.15, -0.1) is 0 Å². The SMILES string of the molecule is CCCCCCCCOc1cc2c(c(F)n1)C(F)(F)C(c1ccc(OCCCOCCCCC)c(F)c1F)CC2. The maximum absolute atomic E-state index is 15.5. The molecule has 1 aromatic carbocycles. The summed E-state index contributed by atoms with van der Waals surface area (Å²) in [5.41, 5.74) is -1.32. The van der Waals surface area contributed by atoms with Crippen LogP contribution in [0.25, 0.3) is 0 Å². The van der Waals surface area contributed by atoms with Gasteiger partial charge in [-0.25, -0.2) is 13.2 Å². The molecular weight excluding hydrogens is 529 g/mol. The summed E-state index contributed by atoms with van der Waals surface area (Å²) in [5.74, 6) is -10.0. The van der Waals surface area contributed by atoms with Gasteiger partial charge in [0, 0.05) is 31.3 Å². The number of hydrogen-bond acceptors (Lipinski definition) is 4. The maximum atomic E-state index is 15.5. The minimum Gasteiger partial charge on any atom is -0.490 e. The molecule has 0 bridgehead atoms. The fourth-order valence-corrected chi connectivity index (χ4v) is 5.05. The number of halogens is 5. The second-order valence-corrected chi connectivity index (χ2v) is 10.4. The Balaban J connectivity index is 1.61. The average molecular weight is 572 g/mol.